The molecule has 1 fully saturated rings. The average molecular weight is 317 g/mol. The summed E-state index contributed by atoms with van der Waals surface area (Å²) in [4.78, 5) is 10.5. The third kappa shape index (κ3) is 2.72. The van der Waals surface area contributed by atoms with Crippen LogP contribution in [0.5, 0.6) is 0 Å². The van der Waals surface area contributed by atoms with E-state index in [0.717, 1.165) is 4.47 Å². The van der Waals surface area contributed by atoms with Crippen LogP contribution in [0.15, 0.2) is 22.7 Å². The Kier molecular flexibility index (Phi) is 4.02. The smallest absolute Gasteiger partial charge is 0.303 e. The molecule has 0 saturated carbocycles. The lowest BCUT2D eigenvalue weighted by Gasteiger charge is -2.42. The van der Waals surface area contributed by atoms with Crippen molar-refractivity contribution >= 4 is 21.9 Å². The number of hydrogen-bond donors (Lipinski definition) is 1. The number of carboxylic acid groups (broad SMARTS) is 1. The molecule has 98 valence electrons. The van der Waals surface area contributed by atoms with Crippen LogP contribution in [-0.4, -0.2) is 24.3 Å². The van der Waals surface area contributed by atoms with Crippen molar-refractivity contribution in [3.8, 4) is 0 Å². The largest absolute Gasteiger partial charge is 0.481 e. The molecule has 2 rings (SSSR count). The van der Waals surface area contributed by atoms with Crippen LogP contribution in [0.2, 0.25) is 0 Å². The van der Waals surface area contributed by atoms with Gasteiger partial charge in [0, 0.05) is 16.3 Å². The summed E-state index contributed by atoms with van der Waals surface area (Å²) in [5.74, 6) is -1.07. The number of carbonyl (C=O) groups is 1. The minimum absolute atomic E-state index is 0.109. The van der Waals surface area contributed by atoms with Crippen molar-refractivity contribution in [1.29, 1.82) is 0 Å². The van der Waals surface area contributed by atoms with Crippen LogP contribution in [0, 0.1) is 5.82 Å². The van der Waals surface area contributed by atoms with E-state index >= 15 is 0 Å². The Bertz CT molecular complexity index is 458. The fourth-order valence-electron chi connectivity index (χ4n) is 2.26. The number of aliphatic carboxylic acids is 1. The predicted octanol–water partition coefficient (Wildman–Crippen LogP) is 3.11. The van der Waals surface area contributed by atoms with E-state index in [1.807, 2.05) is 0 Å². The van der Waals surface area contributed by atoms with E-state index in [1.165, 1.54) is 6.07 Å². The molecule has 5 heteroatoms. The highest BCUT2D eigenvalue weighted by Crippen LogP contribution is 2.39. The molecule has 0 unspecified atom stereocenters. The first-order valence-corrected chi connectivity index (χ1v) is 6.58. The summed E-state index contributed by atoms with van der Waals surface area (Å²) in [5, 5.41) is 8.66. The molecule has 0 bridgehead atoms. The molecule has 0 spiro atoms. The molecule has 1 N–H and O–H groups in total. The molecule has 1 aliphatic heterocycles. The molecule has 0 atom stereocenters. The van der Waals surface area contributed by atoms with Crippen molar-refractivity contribution in [2.75, 3.05) is 13.2 Å². The molecule has 0 aliphatic carbocycles. The van der Waals surface area contributed by atoms with Crippen molar-refractivity contribution in [3.63, 3.8) is 0 Å². The quantitative estimate of drug-likeness (QED) is 0.908. The van der Waals surface area contributed by atoms with Gasteiger partial charge in [-0.1, -0.05) is 15.9 Å². The number of hydrogen-bond acceptors (Lipinski definition) is 2. The first-order chi connectivity index (χ1) is 8.53. The number of rotatable bonds is 5. The second-order valence-corrected chi connectivity index (χ2v) is 5.56. The highest BCUT2D eigenvalue weighted by atomic mass is 79.9. The molecular weight excluding hydrogens is 303 g/mol. The normalized spacial score (nSPS) is 17.2. The zero-order valence-corrected chi connectivity index (χ0v) is 11.4. The third-order valence-corrected chi connectivity index (χ3v) is 3.80. The second kappa shape index (κ2) is 5.36. The first-order valence-electron chi connectivity index (χ1n) is 5.79. The average Bonchev–Trinajstić information content (AvgIpc) is 2.25. The Labute approximate surface area is 113 Å². The summed E-state index contributed by atoms with van der Waals surface area (Å²) >= 11 is 3.33. The topological polar surface area (TPSA) is 46.5 Å². The maximum absolute atomic E-state index is 13.9. The number of halogens is 2. The van der Waals surface area contributed by atoms with E-state index in [-0.39, 0.29) is 17.7 Å². The van der Waals surface area contributed by atoms with E-state index in [4.69, 9.17) is 9.84 Å². The van der Waals surface area contributed by atoms with Gasteiger partial charge in [0.15, 0.2) is 0 Å². The number of ether oxygens (including phenoxy) is 1. The zero-order chi connectivity index (χ0) is 13.2. The van der Waals surface area contributed by atoms with Crippen LogP contribution >= 0.6 is 15.9 Å². The van der Waals surface area contributed by atoms with Gasteiger partial charge in [0.25, 0.3) is 0 Å². The van der Waals surface area contributed by atoms with E-state index in [2.05, 4.69) is 15.9 Å². The maximum Gasteiger partial charge on any atom is 0.303 e. The summed E-state index contributed by atoms with van der Waals surface area (Å²) in [7, 11) is 0. The Hall–Kier alpha value is -0.940. The van der Waals surface area contributed by atoms with Crippen LogP contribution in [0.1, 0.15) is 24.8 Å². The molecule has 1 aromatic rings. The Morgan fingerprint density at radius 2 is 2.22 bits per heavy atom. The molecule has 1 aliphatic rings. The van der Waals surface area contributed by atoms with E-state index < -0.39 is 5.97 Å². The fourth-order valence-corrected chi connectivity index (χ4v) is 2.63. The van der Waals surface area contributed by atoms with Crippen LogP contribution in [-0.2, 0) is 14.9 Å². The molecule has 3 nitrogen and oxygen atoms in total. The molecule has 0 radical (unpaired) electrons. The van der Waals surface area contributed by atoms with Crippen LogP contribution in [0.25, 0.3) is 0 Å². The lowest BCUT2D eigenvalue weighted by atomic mass is 9.74. The molecule has 1 saturated heterocycles. The van der Waals surface area contributed by atoms with E-state index in [1.54, 1.807) is 12.1 Å². The molecule has 1 heterocycles. The van der Waals surface area contributed by atoms with Gasteiger partial charge in [-0.25, -0.2) is 4.39 Å². The number of carboxylic acids is 1. The minimum atomic E-state index is -0.819. The Morgan fingerprint density at radius 1 is 1.50 bits per heavy atom. The second-order valence-electron chi connectivity index (χ2n) is 4.64. The van der Waals surface area contributed by atoms with Crippen molar-refractivity contribution in [2.24, 2.45) is 0 Å². The highest BCUT2D eigenvalue weighted by Gasteiger charge is 2.41. The Balaban J connectivity index is 2.16. The van der Waals surface area contributed by atoms with Gasteiger partial charge in [0.1, 0.15) is 5.82 Å². The van der Waals surface area contributed by atoms with Crippen molar-refractivity contribution < 1.29 is 19.0 Å². The van der Waals surface area contributed by atoms with Crippen molar-refractivity contribution in [1.82, 2.24) is 0 Å². The van der Waals surface area contributed by atoms with Crippen molar-refractivity contribution in [2.45, 2.75) is 24.7 Å². The van der Waals surface area contributed by atoms with Crippen molar-refractivity contribution in [3.05, 3.63) is 34.1 Å². The monoisotopic (exact) mass is 316 g/mol. The fraction of sp³-hybridized carbons (Fsp3) is 0.462. The van der Waals surface area contributed by atoms with Crippen LogP contribution in [0.4, 0.5) is 4.39 Å². The SMILES string of the molecule is O=C(O)CCCC1(c2cc(Br)ccc2F)COC1. The molecular formula is C13H14BrFO3. The van der Waals surface area contributed by atoms with Gasteiger partial charge in [0.2, 0.25) is 0 Å². The van der Waals surface area contributed by atoms with Gasteiger partial charge in [-0.2, -0.15) is 0 Å². The third-order valence-electron chi connectivity index (χ3n) is 3.30. The molecule has 0 aromatic heterocycles. The summed E-state index contributed by atoms with van der Waals surface area (Å²) in [6, 6.07) is 4.85. The van der Waals surface area contributed by atoms with Gasteiger partial charge in [-0.3, -0.25) is 4.79 Å². The predicted molar refractivity (Wildman–Crippen MR) is 68.1 cm³/mol. The highest BCUT2D eigenvalue weighted by molar-refractivity contribution is 9.10. The van der Waals surface area contributed by atoms with Gasteiger partial charge in [-0.05, 0) is 36.6 Å². The van der Waals surface area contributed by atoms with Crippen LogP contribution < -0.4 is 0 Å². The summed E-state index contributed by atoms with van der Waals surface area (Å²) in [6.07, 6.45) is 1.27. The van der Waals surface area contributed by atoms with Gasteiger partial charge >= 0.3 is 5.97 Å². The zero-order valence-electron chi connectivity index (χ0n) is 9.79. The maximum atomic E-state index is 13.9. The number of benzene rings is 1. The Morgan fingerprint density at radius 3 is 2.78 bits per heavy atom. The summed E-state index contributed by atoms with van der Waals surface area (Å²) in [5.41, 5.74) is 0.261. The van der Waals surface area contributed by atoms with Gasteiger partial charge in [0.05, 0.1) is 13.2 Å². The summed E-state index contributed by atoms with van der Waals surface area (Å²) < 4.78 is 19.9. The van der Waals surface area contributed by atoms with E-state index in [0.29, 0.717) is 31.6 Å². The van der Waals surface area contributed by atoms with Gasteiger partial charge in [-0.15, -0.1) is 0 Å². The lowest BCUT2D eigenvalue weighted by Crippen LogP contribution is -2.47. The van der Waals surface area contributed by atoms with Gasteiger partial charge < -0.3 is 9.84 Å². The molecule has 1 aromatic carbocycles. The molecule has 0 amide bonds. The molecule has 18 heavy (non-hydrogen) atoms. The lowest BCUT2D eigenvalue weighted by molar-refractivity contribution is -0.137. The standard InChI is InChI=1S/C13H14BrFO3/c14-9-3-4-11(15)10(6-9)13(7-18-8-13)5-1-2-12(16)17/h3-4,6H,1-2,5,7-8H2,(H,16,17). The minimum Gasteiger partial charge on any atom is -0.481 e. The van der Waals surface area contributed by atoms with Crippen LogP contribution in [0.3, 0.4) is 0 Å². The van der Waals surface area contributed by atoms with E-state index in [9.17, 15) is 9.18 Å². The summed E-state index contributed by atoms with van der Waals surface area (Å²) in [6.45, 7) is 0.917. The first kappa shape index (κ1) is 13.5.